The number of carbonyl (C=O) groups is 2. The van der Waals surface area contributed by atoms with Gasteiger partial charge in [0.25, 0.3) is 0 Å². The number of ether oxygens (including phenoxy) is 2. The van der Waals surface area contributed by atoms with E-state index in [1.807, 2.05) is 0 Å². The van der Waals surface area contributed by atoms with E-state index in [0.29, 0.717) is 19.3 Å². The lowest BCUT2D eigenvalue weighted by molar-refractivity contribution is -0.142. The van der Waals surface area contributed by atoms with Gasteiger partial charge in [-0.2, -0.15) is 0 Å². The minimum atomic E-state index is -1.61. The molecule has 0 aromatic heterocycles. The third kappa shape index (κ3) is 12.6. The molecule has 0 spiro atoms. The Hall–Kier alpha value is -0.840. The average molecular weight is 344 g/mol. The fraction of sp³-hybridized carbons (Fsp3) is 0.818. The molecular weight excluding hydrogens is 324 g/mol. The molecule has 0 heterocycles. The smallest absolute Gasteiger partial charge is 0.306 e. The Kier molecular flexibility index (Phi) is 12.4. The molecule has 0 aliphatic carbocycles. The molecule has 2 atom stereocenters. The third-order valence-corrected chi connectivity index (χ3v) is 3.63. The number of hydrogen-bond donors (Lipinski definition) is 0. The number of rotatable bonds is 12. The quantitative estimate of drug-likeness (QED) is 0.373. The predicted molar refractivity (Wildman–Crippen MR) is 75.3 cm³/mol. The number of esters is 2. The van der Waals surface area contributed by atoms with Crippen molar-refractivity contribution in [1.82, 2.24) is 0 Å². The Labute approximate surface area is 128 Å². The molecule has 0 aliphatic rings. The van der Waals surface area contributed by atoms with Crippen LogP contribution < -0.4 is 0 Å². The Morgan fingerprint density at radius 2 is 1.14 bits per heavy atom. The van der Waals surface area contributed by atoms with Gasteiger partial charge in [-0.15, -0.1) is 0 Å². The highest BCUT2D eigenvalue weighted by Crippen LogP contribution is 2.05. The number of carbonyl (C=O) groups excluding carboxylic acids is 2. The molecule has 0 radical (unpaired) electrons. The van der Waals surface area contributed by atoms with Crippen LogP contribution in [0.5, 0.6) is 0 Å². The zero-order valence-corrected chi connectivity index (χ0v) is 13.7. The largest absolute Gasteiger partial charge is 0.449 e. The second-order valence-electron chi connectivity index (χ2n) is 3.77. The van der Waals surface area contributed by atoms with Gasteiger partial charge in [-0.25, -0.2) is 8.42 Å². The van der Waals surface area contributed by atoms with E-state index in [1.165, 1.54) is 14.2 Å². The van der Waals surface area contributed by atoms with Crippen LogP contribution in [0.15, 0.2) is 0 Å². The van der Waals surface area contributed by atoms with Gasteiger partial charge < -0.3 is 9.47 Å². The molecule has 0 rings (SSSR count). The highest BCUT2D eigenvalue weighted by Gasteiger charge is 2.08. The van der Waals surface area contributed by atoms with Crippen molar-refractivity contribution < 1.29 is 35.8 Å². The lowest BCUT2D eigenvalue weighted by Gasteiger charge is -2.04. The van der Waals surface area contributed by atoms with Crippen LogP contribution in [0.25, 0.3) is 0 Å². The van der Waals surface area contributed by atoms with E-state index < -0.39 is 34.1 Å². The van der Waals surface area contributed by atoms with Crippen LogP contribution in [0.4, 0.5) is 0 Å². The summed E-state index contributed by atoms with van der Waals surface area (Å²) in [7, 11) is 2.51. The molecule has 21 heavy (non-hydrogen) atoms. The van der Waals surface area contributed by atoms with Crippen LogP contribution in [-0.4, -0.2) is 46.5 Å². The van der Waals surface area contributed by atoms with Gasteiger partial charge in [-0.1, -0.05) is 6.42 Å². The molecule has 0 aromatic rings. The molecule has 0 amide bonds. The van der Waals surface area contributed by atoms with Gasteiger partial charge in [0.2, 0.25) is 0 Å². The summed E-state index contributed by atoms with van der Waals surface area (Å²) in [5.41, 5.74) is 0. The summed E-state index contributed by atoms with van der Waals surface area (Å²) in [6, 6.07) is 0. The van der Waals surface area contributed by atoms with Crippen molar-refractivity contribution in [2.45, 2.75) is 32.1 Å². The molecule has 0 fully saturated rings. The first-order chi connectivity index (χ1) is 9.99. The average Bonchev–Trinajstić information content (AvgIpc) is 2.49. The van der Waals surface area contributed by atoms with Gasteiger partial charge in [-0.3, -0.25) is 18.0 Å². The highest BCUT2D eigenvalue weighted by molar-refractivity contribution is 7.80. The molecule has 124 valence electrons. The molecule has 0 saturated heterocycles. The minimum absolute atomic E-state index is 0.184. The summed E-state index contributed by atoms with van der Waals surface area (Å²) in [5.74, 6) is -1.48. The predicted octanol–water partition coefficient (Wildman–Crippen LogP) is 0.558. The molecule has 0 aliphatic heterocycles. The van der Waals surface area contributed by atoms with Gasteiger partial charge in [0.1, 0.15) is 0 Å². The molecule has 0 saturated carbocycles. The zero-order chi connectivity index (χ0) is 16.1. The molecule has 8 nitrogen and oxygen atoms in total. The van der Waals surface area contributed by atoms with Crippen LogP contribution in [-0.2, 0) is 49.6 Å². The van der Waals surface area contributed by atoms with Crippen molar-refractivity contribution >= 4 is 34.1 Å². The molecule has 0 N–H and O–H groups in total. The minimum Gasteiger partial charge on any atom is -0.449 e. The van der Waals surface area contributed by atoms with Crippen molar-refractivity contribution in [1.29, 1.82) is 0 Å². The Balaban J connectivity index is 3.50. The van der Waals surface area contributed by atoms with Crippen molar-refractivity contribution in [3.05, 3.63) is 0 Å². The molecule has 10 heteroatoms. The maximum absolute atomic E-state index is 11.2. The Bertz CT molecular complexity index is 337. The van der Waals surface area contributed by atoms with Crippen LogP contribution in [0, 0.1) is 0 Å². The summed E-state index contributed by atoms with van der Waals surface area (Å²) >= 11 is -3.22. The fourth-order valence-electron chi connectivity index (χ4n) is 1.18. The lowest BCUT2D eigenvalue weighted by Crippen LogP contribution is -2.11. The van der Waals surface area contributed by atoms with E-state index in [-0.39, 0.29) is 24.7 Å². The maximum atomic E-state index is 11.2. The summed E-state index contributed by atoms with van der Waals surface area (Å²) in [6.45, 7) is 0. The van der Waals surface area contributed by atoms with Crippen molar-refractivity contribution in [3.8, 4) is 0 Å². The van der Waals surface area contributed by atoms with Gasteiger partial charge in [0.05, 0.1) is 14.2 Å². The number of unbranched alkanes of at least 4 members (excludes halogenated alkanes) is 2. The first-order valence-corrected chi connectivity index (χ1v) is 8.65. The second kappa shape index (κ2) is 12.9. The topological polar surface area (TPSA) is 105 Å². The van der Waals surface area contributed by atoms with Gasteiger partial charge >= 0.3 is 11.9 Å². The lowest BCUT2D eigenvalue weighted by atomic mass is 10.1. The zero-order valence-electron chi connectivity index (χ0n) is 12.0. The standard InChI is InChI=1S/C11H20O8S2/c1-16-20(14)8-18-10(12)6-4-3-5-7-11(13)19-9-21(15)17-2/h3-9H2,1-2H3. The van der Waals surface area contributed by atoms with E-state index in [2.05, 4.69) is 8.37 Å². The van der Waals surface area contributed by atoms with E-state index >= 15 is 0 Å². The molecule has 0 bridgehead atoms. The van der Waals surface area contributed by atoms with E-state index in [0.717, 1.165) is 0 Å². The van der Waals surface area contributed by atoms with Crippen LogP contribution in [0.3, 0.4) is 0 Å². The third-order valence-electron chi connectivity index (χ3n) is 2.27. The van der Waals surface area contributed by atoms with Gasteiger partial charge in [-0.05, 0) is 12.8 Å². The highest BCUT2D eigenvalue weighted by atomic mass is 32.2. The monoisotopic (exact) mass is 344 g/mol. The Morgan fingerprint density at radius 3 is 1.48 bits per heavy atom. The summed E-state index contributed by atoms with van der Waals surface area (Å²) in [5, 5.41) is 0. The van der Waals surface area contributed by atoms with Crippen molar-refractivity contribution in [2.75, 3.05) is 26.1 Å². The summed E-state index contributed by atoms with van der Waals surface area (Å²) < 4.78 is 39.9. The molecular formula is C11H20O8S2. The van der Waals surface area contributed by atoms with Crippen LogP contribution in [0.2, 0.25) is 0 Å². The summed E-state index contributed by atoms with van der Waals surface area (Å²) in [6.07, 6.45) is 2.11. The first kappa shape index (κ1) is 20.2. The van der Waals surface area contributed by atoms with E-state index in [1.54, 1.807) is 0 Å². The van der Waals surface area contributed by atoms with Crippen LogP contribution in [0.1, 0.15) is 32.1 Å². The first-order valence-electron chi connectivity index (χ1n) is 6.16. The summed E-state index contributed by atoms with van der Waals surface area (Å²) in [4.78, 5) is 22.4. The molecule has 0 aromatic carbocycles. The fourth-order valence-corrected chi connectivity index (χ4v) is 1.83. The normalized spacial score (nSPS) is 13.4. The van der Waals surface area contributed by atoms with Crippen LogP contribution >= 0.6 is 0 Å². The van der Waals surface area contributed by atoms with E-state index in [4.69, 9.17) is 9.47 Å². The maximum Gasteiger partial charge on any atom is 0.306 e. The second-order valence-corrected chi connectivity index (χ2v) is 6.12. The van der Waals surface area contributed by atoms with Gasteiger partial charge in [0.15, 0.2) is 34.0 Å². The molecule has 2 unspecified atom stereocenters. The Morgan fingerprint density at radius 1 is 0.762 bits per heavy atom. The van der Waals surface area contributed by atoms with Crippen molar-refractivity contribution in [2.24, 2.45) is 0 Å². The number of hydrogen-bond acceptors (Lipinski definition) is 8. The van der Waals surface area contributed by atoms with Gasteiger partial charge in [0, 0.05) is 12.8 Å². The van der Waals surface area contributed by atoms with Crippen molar-refractivity contribution in [3.63, 3.8) is 0 Å². The van der Waals surface area contributed by atoms with E-state index in [9.17, 15) is 18.0 Å². The SMILES string of the molecule is COS(=O)COC(=O)CCCCCC(=O)OCS(=O)OC.